The first-order valence-electron chi connectivity index (χ1n) is 9.29. The summed E-state index contributed by atoms with van der Waals surface area (Å²) in [5.41, 5.74) is 6.21. The van der Waals surface area contributed by atoms with Crippen molar-refractivity contribution in [3.05, 3.63) is 70.4 Å². The van der Waals surface area contributed by atoms with E-state index in [1.54, 1.807) is 0 Å². The van der Waals surface area contributed by atoms with Crippen LogP contribution in [0.3, 0.4) is 0 Å². The van der Waals surface area contributed by atoms with E-state index in [-0.39, 0.29) is 5.57 Å². The zero-order valence-electron chi connectivity index (χ0n) is 16.5. The molecule has 1 amide bonds. The lowest BCUT2D eigenvalue weighted by atomic mass is 10.1. The molecule has 27 heavy (non-hydrogen) atoms. The minimum absolute atomic E-state index is 0.0319. The van der Waals surface area contributed by atoms with Gasteiger partial charge in [-0.1, -0.05) is 43.2 Å². The summed E-state index contributed by atoms with van der Waals surface area (Å²) in [6.07, 6.45) is 4.81. The van der Waals surface area contributed by atoms with E-state index in [4.69, 9.17) is 0 Å². The first kappa shape index (κ1) is 20.3. The Morgan fingerprint density at radius 2 is 1.74 bits per heavy atom. The predicted octanol–water partition coefficient (Wildman–Crippen LogP) is 5.41. The summed E-state index contributed by atoms with van der Waals surface area (Å²) in [5, 5.41) is 15.3. The molecule has 0 saturated carbocycles. The minimum atomic E-state index is -0.422. The molecule has 0 aliphatic heterocycles. The Hall–Kier alpha value is -3.06. The lowest BCUT2D eigenvalue weighted by Crippen LogP contribution is -2.14. The van der Waals surface area contributed by atoms with E-state index in [9.17, 15) is 10.1 Å². The standard InChI is InChI=1S/C23H27N3O/c1-5-6-7-19-8-10-21(11-9-19)26-23(27)20(14-24)15-25-22-17(3)12-16(2)13-18(22)4/h8-13,15,25H,5-7H2,1-4H3,(H,26,27)/b20-15-. The maximum Gasteiger partial charge on any atom is 0.267 e. The number of anilines is 2. The van der Waals surface area contributed by atoms with Crippen LogP contribution < -0.4 is 10.6 Å². The molecule has 0 bridgehead atoms. The number of hydrogen-bond acceptors (Lipinski definition) is 3. The summed E-state index contributed by atoms with van der Waals surface area (Å²) < 4.78 is 0. The van der Waals surface area contributed by atoms with Crippen molar-refractivity contribution in [2.45, 2.75) is 47.0 Å². The Bertz CT molecular complexity index is 850. The first-order chi connectivity index (χ1) is 12.9. The highest BCUT2D eigenvalue weighted by atomic mass is 16.1. The second-order valence-corrected chi connectivity index (χ2v) is 6.84. The largest absolute Gasteiger partial charge is 0.360 e. The molecule has 2 N–H and O–H groups in total. The fourth-order valence-electron chi connectivity index (χ4n) is 3.03. The summed E-state index contributed by atoms with van der Waals surface area (Å²) in [5.74, 6) is -0.422. The Morgan fingerprint density at radius 3 is 2.30 bits per heavy atom. The van der Waals surface area contributed by atoms with Crippen LogP contribution in [0.5, 0.6) is 0 Å². The molecule has 2 aromatic carbocycles. The van der Waals surface area contributed by atoms with Crippen molar-refractivity contribution < 1.29 is 4.79 Å². The summed E-state index contributed by atoms with van der Waals surface area (Å²) in [6, 6.07) is 13.9. The molecular formula is C23H27N3O. The number of carbonyl (C=O) groups excluding carboxylic acids is 1. The zero-order chi connectivity index (χ0) is 19.8. The third kappa shape index (κ3) is 5.72. The number of carbonyl (C=O) groups is 1. The lowest BCUT2D eigenvalue weighted by Gasteiger charge is -2.11. The van der Waals surface area contributed by atoms with Gasteiger partial charge in [0.05, 0.1) is 0 Å². The van der Waals surface area contributed by atoms with Crippen LogP contribution >= 0.6 is 0 Å². The summed E-state index contributed by atoms with van der Waals surface area (Å²) in [6.45, 7) is 8.21. The third-order valence-electron chi connectivity index (χ3n) is 4.43. The molecule has 2 rings (SSSR count). The van der Waals surface area contributed by atoms with Crippen LogP contribution in [-0.2, 0) is 11.2 Å². The minimum Gasteiger partial charge on any atom is -0.360 e. The molecule has 0 aliphatic rings. The van der Waals surface area contributed by atoms with Gasteiger partial charge in [0, 0.05) is 17.6 Å². The van der Waals surface area contributed by atoms with Gasteiger partial charge in [0.1, 0.15) is 11.6 Å². The van der Waals surface area contributed by atoms with E-state index in [1.807, 2.05) is 51.1 Å². The monoisotopic (exact) mass is 361 g/mol. The number of benzene rings is 2. The topological polar surface area (TPSA) is 64.9 Å². The fourth-order valence-corrected chi connectivity index (χ4v) is 3.03. The molecule has 2 aromatic rings. The van der Waals surface area contributed by atoms with Crippen LogP contribution in [0, 0.1) is 32.1 Å². The van der Waals surface area contributed by atoms with Crippen LogP contribution in [-0.4, -0.2) is 5.91 Å². The Morgan fingerprint density at radius 1 is 1.11 bits per heavy atom. The maximum atomic E-state index is 12.4. The lowest BCUT2D eigenvalue weighted by molar-refractivity contribution is -0.112. The van der Waals surface area contributed by atoms with Gasteiger partial charge in [0.25, 0.3) is 5.91 Å². The molecule has 0 aliphatic carbocycles. The molecule has 4 nitrogen and oxygen atoms in total. The molecule has 0 saturated heterocycles. The van der Waals surface area contributed by atoms with Crippen molar-refractivity contribution >= 4 is 17.3 Å². The van der Waals surface area contributed by atoms with E-state index in [1.165, 1.54) is 17.3 Å². The highest BCUT2D eigenvalue weighted by molar-refractivity contribution is 6.06. The van der Waals surface area contributed by atoms with Crippen LogP contribution in [0.25, 0.3) is 0 Å². The Balaban J connectivity index is 2.07. The van der Waals surface area contributed by atoms with Gasteiger partial charge in [0.2, 0.25) is 0 Å². The smallest absolute Gasteiger partial charge is 0.267 e. The number of amides is 1. The van der Waals surface area contributed by atoms with Gasteiger partial charge in [-0.25, -0.2) is 0 Å². The molecule has 0 aromatic heterocycles. The van der Waals surface area contributed by atoms with Crippen molar-refractivity contribution in [3.63, 3.8) is 0 Å². The molecule has 0 heterocycles. The first-order valence-corrected chi connectivity index (χ1v) is 9.29. The van der Waals surface area contributed by atoms with E-state index < -0.39 is 5.91 Å². The van der Waals surface area contributed by atoms with Gasteiger partial charge in [-0.3, -0.25) is 4.79 Å². The Labute approximate surface area is 161 Å². The Kier molecular flexibility index (Phi) is 7.19. The van der Waals surface area contributed by atoms with Crippen LogP contribution in [0.1, 0.15) is 42.0 Å². The quantitative estimate of drug-likeness (QED) is 0.512. The summed E-state index contributed by atoms with van der Waals surface area (Å²) >= 11 is 0. The molecule has 0 unspecified atom stereocenters. The average Bonchev–Trinajstić information content (AvgIpc) is 2.63. The van der Waals surface area contributed by atoms with Crippen molar-refractivity contribution in [2.24, 2.45) is 0 Å². The van der Waals surface area contributed by atoms with Crippen LogP contribution in [0.2, 0.25) is 0 Å². The average molecular weight is 361 g/mol. The van der Waals surface area contributed by atoms with Gasteiger partial charge < -0.3 is 10.6 Å². The van der Waals surface area contributed by atoms with Gasteiger partial charge in [0.15, 0.2) is 0 Å². The second kappa shape index (κ2) is 9.59. The van der Waals surface area contributed by atoms with Gasteiger partial charge in [-0.15, -0.1) is 0 Å². The van der Waals surface area contributed by atoms with Gasteiger partial charge >= 0.3 is 0 Å². The molecule has 4 heteroatoms. The van der Waals surface area contributed by atoms with E-state index in [0.29, 0.717) is 5.69 Å². The molecule has 0 radical (unpaired) electrons. The number of nitrogens with zero attached hydrogens (tertiary/aromatic N) is 1. The normalized spacial score (nSPS) is 11.0. The molecule has 0 atom stereocenters. The van der Waals surface area contributed by atoms with Crippen molar-refractivity contribution in [1.82, 2.24) is 0 Å². The highest BCUT2D eigenvalue weighted by Crippen LogP contribution is 2.22. The van der Waals surface area contributed by atoms with E-state index in [2.05, 4.69) is 29.7 Å². The predicted molar refractivity (Wildman–Crippen MR) is 112 cm³/mol. The maximum absolute atomic E-state index is 12.4. The fraction of sp³-hybridized carbons (Fsp3) is 0.304. The van der Waals surface area contributed by atoms with Gasteiger partial charge in [-0.2, -0.15) is 5.26 Å². The summed E-state index contributed by atoms with van der Waals surface area (Å²) in [7, 11) is 0. The van der Waals surface area contributed by atoms with E-state index >= 15 is 0 Å². The third-order valence-corrected chi connectivity index (χ3v) is 4.43. The molecule has 140 valence electrons. The molecular weight excluding hydrogens is 334 g/mol. The number of hydrogen-bond donors (Lipinski definition) is 2. The van der Waals surface area contributed by atoms with Crippen molar-refractivity contribution in [1.29, 1.82) is 5.26 Å². The molecule has 0 spiro atoms. The van der Waals surface area contributed by atoms with Crippen LogP contribution in [0.4, 0.5) is 11.4 Å². The van der Waals surface area contributed by atoms with Gasteiger partial charge in [-0.05, 0) is 62.4 Å². The molecule has 0 fully saturated rings. The number of aryl methyl sites for hydroxylation is 4. The van der Waals surface area contributed by atoms with Crippen molar-refractivity contribution in [2.75, 3.05) is 10.6 Å². The second-order valence-electron chi connectivity index (χ2n) is 6.84. The number of unbranched alkanes of at least 4 members (excludes halogenated alkanes) is 1. The number of nitriles is 1. The van der Waals surface area contributed by atoms with Crippen molar-refractivity contribution in [3.8, 4) is 6.07 Å². The SMILES string of the molecule is CCCCc1ccc(NC(=O)/C(C#N)=C\Nc2c(C)cc(C)cc2C)cc1. The highest BCUT2D eigenvalue weighted by Gasteiger charge is 2.10. The number of nitrogens with one attached hydrogen (secondary N) is 2. The summed E-state index contributed by atoms with van der Waals surface area (Å²) in [4.78, 5) is 12.4. The van der Waals surface area contributed by atoms with Crippen LogP contribution in [0.15, 0.2) is 48.2 Å². The zero-order valence-corrected chi connectivity index (χ0v) is 16.5. The van der Waals surface area contributed by atoms with E-state index in [0.717, 1.165) is 36.1 Å². The number of rotatable bonds is 7.